The van der Waals surface area contributed by atoms with Gasteiger partial charge in [0.05, 0.1) is 0 Å². The molecular formula is C12H21NO2. The van der Waals surface area contributed by atoms with Gasteiger partial charge in [0.25, 0.3) is 0 Å². The number of carbonyl (C=O) groups is 2. The molecule has 1 fully saturated rings. The molecule has 0 radical (unpaired) electrons. The molecule has 3 heteroatoms. The van der Waals surface area contributed by atoms with Crippen molar-refractivity contribution in [1.29, 1.82) is 0 Å². The lowest BCUT2D eigenvalue weighted by Gasteiger charge is -2.20. The SMILES string of the molecule is O=CCCCCC(=O)N1CCCCCC1. The molecule has 0 bridgehead atoms. The summed E-state index contributed by atoms with van der Waals surface area (Å²) in [7, 11) is 0. The summed E-state index contributed by atoms with van der Waals surface area (Å²) >= 11 is 0. The van der Waals surface area contributed by atoms with Gasteiger partial charge in [0, 0.05) is 25.9 Å². The van der Waals surface area contributed by atoms with E-state index < -0.39 is 0 Å². The Bertz CT molecular complexity index is 196. The molecule has 0 aromatic carbocycles. The molecule has 0 saturated carbocycles. The van der Waals surface area contributed by atoms with Crippen molar-refractivity contribution < 1.29 is 9.59 Å². The molecule has 0 aliphatic carbocycles. The van der Waals surface area contributed by atoms with E-state index in [9.17, 15) is 9.59 Å². The van der Waals surface area contributed by atoms with Crippen LogP contribution in [0.5, 0.6) is 0 Å². The predicted octanol–water partition coefficient (Wildman–Crippen LogP) is 2.15. The molecular weight excluding hydrogens is 190 g/mol. The van der Waals surface area contributed by atoms with Gasteiger partial charge in [-0.2, -0.15) is 0 Å². The summed E-state index contributed by atoms with van der Waals surface area (Å²) < 4.78 is 0. The Morgan fingerprint density at radius 3 is 2.33 bits per heavy atom. The minimum atomic E-state index is 0.280. The van der Waals surface area contributed by atoms with Gasteiger partial charge in [-0.25, -0.2) is 0 Å². The molecule has 0 unspecified atom stereocenters. The van der Waals surface area contributed by atoms with Gasteiger partial charge >= 0.3 is 0 Å². The zero-order chi connectivity index (χ0) is 10.9. The van der Waals surface area contributed by atoms with E-state index in [2.05, 4.69) is 0 Å². The Morgan fingerprint density at radius 2 is 1.73 bits per heavy atom. The predicted molar refractivity (Wildman–Crippen MR) is 59.6 cm³/mol. The third-order valence-electron chi connectivity index (χ3n) is 2.92. The van der Waals surface area contributed by atoms with Crippen LogP contribution in [0, 0.1) is 0 Å². The van der Waals surface area contributed by atoms with E-state index in [0.717, 1.165) is 45.1 Å². The standard InChI is InChI=1S/C12H21NO2/c14-11-7-3-4-8-12(15)13-9-5-1-2-6-10-13/h11H,1-10H2. The highest BCUT2D eigenvalue weighted by Crippen LogP contribution is 2.11. The Kier molecular flexibility index (Phi) is 6.05. The molecule has 1 aliphatic rings. The minimum absolute atomic E-state index is 0.280. The number of rotatable bonds is 5. The van der Waals surface area contributed by atoms with Crippen molar-refractivity contribution in [3.8, 4) is 0 Å². The third-order valence-corrected chi connectivity index (χ3v) is 2.92. The summed E-state index contributed by atoms with van der Waals surface area (Å²) in [6.45, 7) is 1.87. The van der Waals surface area contributed by atoms with Crippen LogP contribution < -0.4 is 0 Å². The molecule has 0 aromatic rings. The van der Waals surface area contributed by atoms with Crippen molar-refractivity contribution in [2.45, 2.75) is 51.4 Å². The normalized spacial score (nSPS) is 17.2. The van der Waals surface area contributed by atoms with Crippen LogP contribution in [0.25, 0.3) is 0 Å². The fourth-order valence-electron chi connectivity index (χ4n) is 1.98. The maximum absolute atomic E-state index is 11.8. The first-order chi connectivity index (χ1) is 7.34. The van der Waals surface area contributed by atoms with Crippen molar-refractivity contribution in [3.63, 3.8) is 0 Å². The third kappa shape index (κ3) is 4.96. The molecule has 1 saturated heterocycles. The minimum Gasteiger partial charge on any atom is -0.343 e. The van der Waals surface area contributed by atoms with Crippen LogP contribution in [0.3, 0.4) is 0 Å². The van der Waals surface area contributed by atoms with Gasteiger partial charge in [0.2, 0.25) is 5.91 Å². The highest BCUT2D eigenvalue weighted by atomic mass is 16.2. The first-order valence-corrected chi connectivity index (χ1v) is 6.06. The number of carbonyl (C=O) groups excluding carboxylic acids is 2. The monoisotopic (exact) mass is 211 g/mol. The topological polar surface area (TPSA) is 37.4 Å². The molecule has 0 N–H and O–H groups in total. The van der Waals surface area contributed by atoms with Gasteiger partial charge in [-0.15, -0.1) is 0 Å². The first-order valence-electron chi connectivity index (χ1n) is 6.06. The Labute approximate surface area is 91.8 Å². The summed E-state index contributed by atoms with van der Waals surface area (Å²) in [4.78, 5) is 23.8. The summed E-state index contributed by atoms with van der Waals surface area (Å²) in [5.41, 5.74) is 0. The molecule has 86 valence electrons. The zero-order valence-corrected chi connectivity index (χ0v) is 9.41. The molecule has 0 atom stereocenters. The van der Waals surface area contributed by atoms with Crippen LogP contribution in [-0.4, -0.2) is 30.2 Å². The van der Waals surface area contributed by atoms with E-state index in [1.54, 1.807) is 0 Å². The maximum atomic E-state index is 11.8. The number of hydrogen-bond acceptors (Lipinski definition) is 2. The van der Waals surface area contributed by atoms with Crippen molar-refractivity contribution in [2.75, 3.05) is 13.1 Å². The summed E-state index contributed by atoms with van der Waals surface area (Å²) in [6, 6.07) is 0. The van der Waals surface area contributed by atoms with Crippen molar-refractivity contribution >= 4 is 12.2 Å². The first kappa shape index (κ1) is 12.2. The molecule has 15 heavy (non-hydrogen) atoms. The molecule has 0 spiro atoms. The van der Waals surface area contributed by atoms with Crippen LogP contribution in [0.1, 0.15) is 51.4 Å². The second kappa shape index (κ2) is 7.43. The van der Waals surface area contributed by atoms with Crippen LogP contribution in [0.4, 0.5) is 0 Å². The van der Waals surface area contributed by atoms with Crippen molar-refractivity contribution in [3.05, 3.63) is 0 Å². The molecule has 1 amide bonds. The maximum Gasteiger partial charge on any atom is 0.222 e. The number of likely N-dealkylation sites (tertiary alicyclic amines) is 1. The van der Waals surface area contributed by atoms with Gasteiger partial charge in [0.15, 0.2) is 0 Å². The van der Waals surface area contributed by atoms with E-state index in [1.165, 1.54) is 12.8 Å². The van der Waals surface area contributed by atoms with E-state index in [1.807, 2.05) is 4.90 Å². The van der Waals surface area contributed by atoms with Crippen LogP contribution in [0.15, 0.2) is 0 Å². The number of aldehydes is 1. The Morgan fingerprint density at radius 1 is 1.07 bits per heavy atom. The van der Waals surface area contributed by atoms with E-state index >= 15 is 0 Å². The van der Waals surface area contributed by atoms with Crippen LogP contribution >= 0.6 is 0 Å². The summed E-state index contributed by atoms with van der Waals surface area (Å²) in [5, 5.41) is 0. The molecule has 3 nitrogen and oxygen atoms in total. The van der Waals surface area contributed by atoms with E-state index in [4.69, 9.17) is 0 Å². The fraction of sp³-hybridized carbons (Fsp3) is 0.833. The zero-order valence-electron chi connectivity index (χ0n) is 9.41. The van der Waals surface area contributed by atoms with Crippen molar-refractivity contribution in [1.82, 2.24) is 4.90 Å². The number of unbranched alkanes of at least 4 members (excludes halogenated alkanes) is 2. The molecule has 0 aromatic heterocycles. The van der Waals surface area contributed by atoms with E-state index in [0.29, 0.717) is 12.8 Å². The van der Waals surface area contributed by atoms with E-state index in [-0.39, 0.29) is 5.91 Å². The average Bonchev–Trinajstić information content (AvgIpc) is 2.52. The highest BCUT2D eigenvalue weighted by Gasteiger charge is 2.14. The number of amides is 1. The van der Waals surface area contributed by atoms with Crippen LogP contribution in [-0.2, 0) is 9.59 Å². The lowest BCUT2D eigenvalue weighted by molar-refractivity contribution is -0.131. The average molecular weight is 211 g/mol. The quantitative estimate of drug-likeness (QED) is 0.516. The highest BCUT2D eigenvalue weighted by molar-refractivity contribution is 5.76. The molecule has 1 heterocycles. The van der Waals surface area contributed by atoms with Gasteiger partial charge in [0.1, 0.15) is 6.29 Å². The lowest BCUT2D eigenvalue weighted by Crippen LogP contribution is -2.31. The van der Waals surface area contributed by atoms with Crippen LogP contribution in [0.2, 0.25) is 0 Å². The number of hydrogen-bond donors (Lipinski definition) is 0. The van der Waals surface area contributed by atoms with Crippen molar-refractivity contribution in [2.24, 2.45) is 0 Å². The smallest absolute Gasteiger partial charge is 0.222 e. The van der Waals surface area contributed by atoms with Gasteiger partial charge in [-0.1, -0.05) is 12.8 Å². The largest absolute Gasteiger partial charge is 0.343 e. The fourth-order valence-corrected chi connectivity index (χ4v) is 1.98. The number of nitrogens with zero attached hydrogens (tertiary/aromatic N) is 1. The summed E-state index contributed by atoms with van der Waals surface area (Å²) in [5.74, 6) is 0.280. The molecule has 1 rings (SSSR count). The summed E-state index contributed by atoms with van der Waals surface area (Å²) in [6.07, 6.45) is 8.67. The Hall–Kier alpha value is -0.860. The lowest BCUT2D eigenvalue weighted by atomic mass is 10.2. The second-order valence-electron chi connectivity index (χ2n) is 4.21. The Balaban J connectivity index is 2.16. The van der Waals surface area contributed by atoms with Gasteiger partial charge in [-0.05, 0) is 25.7 Å². The second-order valence-corrected chi connectivity index (χ2v) is 4.21. The van der Waals surface area contributed by atoms with Gasteiger partial charge in [-0.3, -0.25) is 4.79 Å². The molecule has 1 aliphatic heterocycles. The van der Waals surface area contributed by atoms with Gasteiger partial charge < -0.3 is 9.69 Å².